The maximum atomic E-state index is 13.0. The molecule has 0 spiro atoms. The van der Waals surface area contributed by atoms with Crippen LogP contribution in [0.25, 0.3) is 11.1 Å². The highest BCUT2D eigenvalue weighted by atomic mass is 16.2. The highest BCUT2D eigenvalue weighted by Crippen LogP contribution is 2.30. The van der Waals surface area contributed by atoms with E-state index in [4.69, 9.17) is 0 Å². The van der Waals surface area contributed by atoms with Gasteiger partial charge in [-0.15, -0.1) is 0 Å². The van der Waals surface area contributed by atoms with Gasteiger partial charge in [-0.1, -0.05) is 124 Å². The predicted molar refractivity (Wildman–Crippen MR) is 159 cm³/mol. The number of carbonyl (C=O) groups is 2. The fourth-order valence-electron chi connectivity index (χ4n) is 4.98. The van der Waals surface area contributed by atoms with Crippen LogP contribution in [-0.4, -0.2) is 28.7 Å². The molecule has 2 amide bonds. The zero-order chi connectivity index (χ0) is 27.8. The van der Waals surface area contributed by atoms with Crippen LogP contribution < -0.4 is 0 Å². The summed E-state index contributed by atoms with van der Waals surface area (Å²) in [5, 5.41) is 0. The second kappa shape index (κ2) is 13.1. The summed E-state index contributed by atoms with van der Waals surface area (Å²) in [6.07, 6.45) is 0.464. The fraction of sp³-hybridized carbons (Fsp3) is 0.257. The molecule has 0 radical (unpaired) electrons. The molecule has 200 valence electrons. The van der Waals surface area contributed by atoms with Gasteiger partial charge in [0.05, 0.1) is 6.04 Å². The first-order valence-electron chi connectivity index (χ1n) is 13.7. The summed E-state index contributed by atoms with van der Waals surface area (Å²) in [4.78, 5) is 29.4. The zero-order valence-electron chi connectivity index (χ0n) is 23.4. The summed E-state index contributed by atoms with van der Waals surface area (Å²) >= 11 is 0. The van der Waals surface area contributed by atoms with E-state index in [1.54, 1.807) is 0 Å². The molecular weight excluding hydrogens is 480 g/mol. The van der Waals surface area contributed by atoms with E-state index in [9.17, 15) is 9.59 Å². The van der Waals surface area contributed by atoms with E-state index < -0.39 is 0 Å². The minimum absolute atomic E-state index is 0.0697. The average molecular weight is 519 g/mol. The van der Waals surface area contributed by atoms with Gasteiger partial charge in [0.15, 0.2) is 0 Å². The largest absolute Gasteiger partial charge is 0.335 e. The van der Waals surface area contributed by atoms with Gasteiger partial charge in [0, 0.05) is 32.5 Å². The third-order valence-corrected chi connectivity index (χ3v) is 7.08. The van der Waals surface area contributed by atoms with Crippen LogP contribution in [0, 0.1) is 5.92 Å². The van der Waals surface area contributed by atoms with E-state index in [2.05, 4.69) is 72.8 Å². The highest BCUT2D eigenvalue weighted by molar-refractivity contribution is 5.78. The Hall–Kier alpha value is -4.18. The quantitative estimate of drug-likeness (QED) is 0.218. The lowest BCUT2D eigenvalue weighted by Gasteiger charge is -2.29. The zero-order valence-corrected chi connectivity index (χ0v) is 23.4. The molecule has 4 rings (SSSR count). The summed E-state index contributed by atoms with van der Waals surface area (Å²) in [6, 6.07) is 37.0. The Bertz CT molecular complexity index is 1360. The van der Waals surface area contributed by atoms with E-state index in [1.165, 1.54) is 0 Å². The molecule has 0 fully saturated rings. The number of hydrogen-bond donors (Lipinski definition) is 0. The Morgan fingerprint density at radius 2 is 1.23 bits per heavy atom. The minimum Gasteiger partial charge on any atom is -0.335 e. The van der Waals surface area contributed by atoms with E-state index in [0.717, 1.165) is 33.4 Å². The monoisotopic (exact) mass is 518 g/mol. The summed E-state index contributed by atoms with van der Waals surface area (Å²) in [5.74, 6) is 0.183. The number of hydrogen-bond acceptors (Lipinski definition) is 2. The Kier molecular flexibility index (Phi) is 9.32. The molecule has 4 nitrogen and oxygen atoms in total. The summed E-state index contributed by atoms with van der Waals surface area (Å²) in [5.41, 5.74) is 6.58. The van der Waals surface area contributed by atoms with Crippen molar-refractivity contribution in [2.45, 2.75) is 46.3 Å². The number of benzene rings is 4. The van der Waals surface area contributed by atoms with E-state index >= 15 is 0 Å². The first-order chi connectivity index (χ1) is 18.9. The summed E-state index contributed by atoms with van der Waals surface area (Å²) in [6.45, 7) is 6.94. The average Bonchev–Trinajstić information content (AvgIpc) is 2.97. The van der Waals surface area contributed by atoms with Crippen LogP contribution in [0.5, 0.6) is 0 Å². The first kappa shape index (κ1) is 27.8. The van der Waals surface area contributed by atoms with Crippen molar-refractivity contribution in [3.8, 4) is 11.1 Å². The molecule has 0 saturated carbocycles. The third kappa shape index (κ3) is 7.02. The van der Waals surface area contributed by atoms with E-state index in [1.807, 2.05) is 74.0 Å². The van der Waals surface area contributed by atoms with Gasteiger partial charge < -0.3 is 9.80 Å². The van der Waals surface area contributed by atoms with Crippen molar-refractivity contribution in [2.24, 2.45) is 5.92 Å². The molecule has 1 atom stereocenters. The van der Waals surface area contributed by atoms with Gasteiger partial charge >= 0.3 is 0 Å². The van der Waals surface area contributed by atoms with Gasteiger partial charge in [-0.05, 0) is 39.4 Å². The predicted octanol–water partition coefficient (Wildman–Crippen LogP) is 7.50. The smallest absolute Gasteiger partial charge is 0.225 e. The summed E-state index contributed by atoms with van der Waals surface area (Å²) in [7, 11) is 1.88. The molecule has 39 heavy (non-hydrogen) atoms. The standard InChI is InChI=1S/C35H38N2O2/c1-5-33(38)36(4)34(30-16-10-7-11-17-30)31-21-19-29(20-22-31)32-18-12-15-28(23-32)25-37(35(39)26(2)3)24-27-13-8-6-9-14-27/h6-23,26,34H,5,24-25H2,1-4H3. The van der Waals surface area contributed by atoms with Gasteiger partial charge in [0.2, 0.25) is 11.8 Å². The SMILES string of the molecule is CCC(=O)N(C)C(c1ccccc1)c1ccc(-c2cccc(CN(Cc3ccccc3)C(=O)C(C)C)c2)cc1. The fourth-order valence-corrected chi connectivity index (χ4v) is 4.98. The molecule has 0 aliphatic rings. The van der Waals surface area contributed by atoms with E-state index in [-0.39, 0.29) is 23.8 Å². The second-order valence-electron chi connectivity index (χ2n) is 10.3. The lowest BCUT2D eigenvalue weighted by Crippen LogP contribution is -2.33. The Morgan fingerprint density at radius 3 is 1.85 bits per heavy atom. The molecule has 0 aromatic heterocycles. The highest BCUT2D eigenvalue weighted by Gasteiger charge is 2.23. The molecule has 4 heteroatoms. The van der Waals surface area contributed by atoms with Crippen LogP contribution in [0.2, 0.25) is 0 Å². The first-order valence-corrected chi connectivity index (χ1v) is 13.7. The molecular formula is C35H38N2O2. The number of rotatable bonds is 10. The van der Waals surface area contributed by atoms with Crippen LogP contribution in [0.15, 0.2) is 109 Å². The third-order valence-electron chi connectivity index (χ3n) is 7.08. The topological polar surface area (TPSA) is 40.6 Å². The van der Waals surface area contributed by atoms with Crippen molar-refractivity contribution in [1.29, 1.82) is 0 Å². The van der Waals surface area contributed by atoms with Crippen molar-refractivity contribution in [2.75, 3.05) is 7.05 Å². The van der Waals surface area contributed by atoms with E-state index in [0.29, 0.717) is 19.5 Å². The van der Waals surface area contributed by atoms with Crippen molar-refractivity contribution >= 4 is 11.8 Å². The normalized spacial score (nSPS) is 11.7. The molecule has 0 aliphatic carbocycles. The van der Waals surface area contributed by atoms with Gasteiger partial charge in [-0.2, -0.15) is 0 Å². The Labute approximate surface area is 232 Å². The van der Waals surface area contributed by atoms with Crippen molar-refractivity contribution in [1.82, 2.24) is 9.80 Å². The summed E-state index contributed by atoms with van der Waals surface area (Å²) < 4.78 is 0. The van der Waals surface area contributed by atoms with Crippen LogP contribution >= 0.6 is 0 Å². The van der Waals surface area contributed by atoms with Crippen LogP contribution in [0.4, 0.5) is 0 Å². The van der Waals surface area contributed by atoms with Crippen molar-refractivity contribution in [3.05, 3.63) is 131 Å². The molecule has 0 N–H and O–H groups in total. The van der Waals surface area contributed by atoms with Crippen LogP contribution in [0.3, 0.4) is 0 Å². The van der Waals surface area contributed by atoms with Gasteiger partial charge in [-0.3, -0.25) is 9.59 Å². The van der Waals surface area contributed by atoms with Gasteiger partial charge in [0.1, 0.15) is 0 Å². The maximum Gasteiger partial charge on any atom is 0.225 e. The van der Waals surface area contributed by atoms with Gasteiger partial charge in [0.25, 0.3) is 0 Å². The molecule has 0 aliphatic heterocycles. The Morgan fingerprint density at radius 1 is 0.667 bits per heavy atom. The lowest BCUT2D eigenvalue weighted by molar-refractivity contribution is -0.135. The maximum absolute atomic E-state index is 13.0. The molecule has 0 bridgehead atoms. The van der Waals surface area contributed by atoms with Gasteiger partial charge in [-0.25, -0.2) is 0 Å². The van der Waals surface area contributed by atoms with Crippen LogP contribution in [-0.2, 0) is 22.7 Å². The molecule has 4 aromatic carbocycles. The van der Waals surface area contributed by atoms with Crippen molar-refractivity contribution in [3.63, 3.8) is 0 Å². The van der Waals surface area contributed by atoms with Crippen LogP contribution in [0.1, 0.15) is 55.5 Å². The molecule has 4 aromatic rings. The Balaban J connectivity index is 1.58. The van der Waals surface area contributed by atoms with Crippen molar-refractivity contribution < 1.29 is 9.59 Å². The number of carbonyl (C=O) groups excluding carboxylic acids is 2. The molecule has 0 saturated heterocycles. The minimum atomic E-state index is -0.146. The lowest BCUT2D eigenvalue weighted by atomic mass is 9.94. The molecule has 0 heterocycles. The second-order valence-corrected chi connectivity index (χ2v) is 10.3. The number of amides is 2. The number of nitrogens with zero attached hydrogens (tertiary/aromatic N) is 2. The molecule has 1 unspecified atom stereocenters.